The van der Waals surface area contributed by atoms with Crippen LogP contribution in [0.5, 0.6) is 0 Å². The third-order valence-electron chi connectivity index (χ3n) is 3.35. The van der Waals surface area contributed by atoms with Gasteiger partial charge in [0.25, 0.3) is 0 Å². The molecule has 1 atom stereocenters. The van der Waals surface area contributed by atoms with Gasteiger partial charge in [0.15, 0.2) is 0 Å². The molecule has 0 bridgehead atoms. The second-order valence-corrected chi connectivity index (χ2v) is 6.24. The van der Waals surface area contributed by atoms with Crippen molar-refractivity contribution >= 4 is 11.8 Å². The minimum atomic E-state index is 0.338. The average Bonchev–Trinajstić information content (AvgIpc) is 2.80. The Morgan fingerprint density at radius 1 is 1.17 bits per heavy atom. The van der Waals surface area contributed by atoms with Gasteiger partial charge in [0.1, 0.15) is 0 Å². The highest BCUT2D eigenvalue weighted by atomic mass is 32.2. The van der Waals surface area contributed by atoms with Crippen molar-refractivity contribution in [3.05, 3.63) is 29.8 Å². The smallest absolute Gasteiger partial charge is 0.0431 e. The number of unbranched alkanes of at least 4 members (excludes halogenated alkanes) is 3. The number of thioether (sulfide) groups is 1. The number of nitrogens with one attached hydrogen (secondary N) is 1. The predicted molar refractivity (Wildman–Crippen MR) is 78.2 cm³/mol. The van der Waals surface area contributed by atoms with E-state index >= 15 is 0 Å². The van der Waals surface area contributed by atoms with Gasteiger partial charge in [-0.05, 0) is 37.4 Å². The summed E-state index contributed by atoms with van der Waals surface area (Å²) < 4.78 is 0. The van der Waals surface area contributed by atoms with Crippen molar-refractivity contribution in [3.63, 3.8) is 0 Å². The lowest BCUT2D eigenvalue weighted by Gasteiger charge is -2.09. The van der Waals surface area contributed by atoms with Crippen LogP contribution in [0, 0.1) is 0 Å². The van der Waals surface area contributed by atoms with E-state index in [1.54, 1.807) is 0 Å². The molecule has 0 saturated heterocycles. The van der Waals surface area contributed by atoms with E-state index in [2.05, 4.69) is 29.6 Å². The Bertz CT molecular complexity index is 331. The lowest BCUT2D eigenvalue weighted by atomic mass is 10.1. The van der Waals surface area contributed by atoms with E-state index in [0.29, 0.717) is 11.9 Å². The lowest BCUT2D eigenvalue weighted by molar-refractivity contribution is 0.282. The van der Waals surface area contributed by atoms with Crippen molar-refractivity contribution < 1.29 is 5.11 Å². The maximum absolute atomic E-state index is 8.68. The number of hydrogen-bond acceptors (Lipinski definition) is 3. The Labute approximate surface area is 114 Å². The van der Waals surface area contributed by atoms with Crippen molar-refractivity contribution in [2.75, 3.05) is 19.7 Å². The highest BCUT2D eigenvalue weighted by Crippen LogP contribution is 2.36. The second kappa shape index (κ2) is 7.82. The van der Waals surface area contributed by atoms with Crippen molar-refractivity contribution in [2.24, 2.45) is 0 Å². The van der Waals surface area contributed by atoms with Crippen LogP contribution >= 0.6 is 11.8 Å². The summed E-state index contributed by atoms with van der Waals surface area (Å²) in [6.45, 7) is 2.56. The third-order valence-corrected chi connectivity index (χ3v) is 4.67. The van der Waals surface area contributed by atoms with Crippen molar-refractivity contribution in [3.8, 4) is 0 Å². The zero-order valence-corrected chi connectivity index (χ0v) is 11.7. The van der Waals surface area contributed by atoms with Crippen LogP contribution < -0.4 is 5.32 Å². The average molecular weight is 265 g/mol. The topological polar surface area (TPSA) is 32.3 Å². The summed E-state index contributed by atoms with van der Waals surface area (Å²) in [4.78, 5) is 1.47. The van der Waals surface area contributed by atoms with Crippen molar-refractivity contribution in [1.29, 1.82) is 0 Å². The second-order valence-electron chi connectivity index (χ2n) is 4.89. The Morgan fingerprint density at radius 3 is 2.83 bits per heavy atom. The molecule has 0 radical (unpaired) electrons. The normalized spacial score (nSPS) is 17.9. The first-order valence-corrected chi connectivity index (χ1v) is 7.84. The van der Waals surface area contributed by atoms with E-state index in [9.17, 15) is 0 Å². The molecule has 1 unspecified atom stereocenters. The molecule has 1 aliphatic heterocycles. The van der Waals surface area contributed by atoms with Gasteiger partial charge in [0, 0.05) is 23.3 Å². The summed E-state index contributed by atoms with van der Waals surface area (Å²) in [6.07, 6.45) is 5.77. The Kier molecular flexibility index (Phi) is 6.05. The van der Waals surface area contributed by atoms with E-state index in [4.69, 9.17) is 5.11 Å². The Hall–Kier alpha value is -0.510. The maximum Gasteiger partial charge on any atom is 0.0431 e. The van der Waals surface area contributed by atoms with Gasteiger partial charge >= 0.3 is 0 Å². The number of benzene rings is 1. The van der Waals surface area contributed by atoms with Gasteiger partial charge in [-0.2, -0.15) is 0 Å². The fourth-order valence-electron chi connectivity index (χ4n) is 2.35. The van der Waals surface area contributed by atoms with E-state index in [1.165, 1.54) is 29.7 Å². The molecule has 0 saturated carbocycles. The first-order chi connectivity index (χ1) is 8.90. The molecule has 0 aliphatic carbocycles. The summed E-state index contributed by atoms with van der Waals surface area (Å²) in [5, 5.41) is 12.9. The van der Waals surface area contributed by atoms with E-state index in [0.717, 1.165) is 25.9 Å². The van der Waals surface area contributed by atoms with Crippen LogP contribution in [0.3, 0.4) is 0 Å². The van der Waals surface area contributed by atoms with E-state index in [-0.39, 0.29) is 0 Å². The van der Waals surface area contributed by atoms with E-state index < -0.39 is 0 Å². The zero-order chi connectivity index (χ0) is 12.6. The zero-order valence-electron chi connectivity index (χ0n) is 10.9. The quantitative estimate of drug-likeness (QED) is 0.709. The molecule has 100 valence electrons. The van der Waals surface area contributed by atoms with Gasteiger partial charge in [-0.25, -0.2) is 0 Å². The molecule has 1 heterocycles. The number of fused-ring (bicyclic) bond motifs is 1. The lowest BCUT2D eigenvalue weighted by Crippen LogP contribution is -2.25. The molecule has 0 fully saturated rings. The van der Waals surface area contributed by atoms with Crippen LogP contribution in [0.15, 0.2) is 29.2 Å². The first kappa shape index (κ1) is 13.9. The summed E-state index contributed by atoms with van der Waals surface area (Å²) in [5.74, 6) is 0. The molecule has 2 N–H and O–H groups in total. The summed E-state index contributed by atoms with van der Waals surface area (Å²) in [6, 6.07) is 8.74. The highest BCUT2D eigenvalue weighted by Gasteiger charge is 2.20. The summed E-state index contributed by atoms with van der Waals surface area (Å²) in [7, 11) is 0. The van der Waals surface area contributed by atoms with Crippen LogP contribution in [0.4, 0.5) is 0 Å². The molecule has 1 aromatic rings. The molecular weight excluding hydrogens is 242 g/mol. The number of rotatable bonds is 8. The third kappa shape index (κ3) is 4.30. The van der Waals surface area contributed by atoms with Crippen LogP contribution in [-0.2, 0) is 6.42 Å². The molecular formula is C15H23NOS. The number of aliphatic hydroxyl groups is 1. The molecule has 1 aromatic carbocycles. The highest BCUT2D eigenvalue weighted by molar-refractivity contribution is 8.00. The van der Waals surface area contributed by atoms with Crippen LogP contribution in [0.1, 0.15) is 31.2 Å². The van der Waals surface area contributed by atoms with Gasteiger partial charge in [0.2, 0.25) is 0 Å². The fraction of sp³-hybridized carbons (Fsp3) is 0.600. The van der Waals surface area contributed by atoms with Gasteiger partial charge < -0.3 is 10.4 Å². The molecule has 0 amide bonds. The minimum Gasteiger partial charge on any atom is -0.396 e. The van der Waals surface area contributed by atoms with Crippen LogP contribution in [0.25, 0.3) is 0 Å². The maximum atomic E-state index is 8.68. The van der Waals surface area contributed by atoms with Crippen molar-refractivity contribution in [2.45, 2.75) is 42.2 Å². The van der Waals surface area contributed by atoms with E-state index in [1.807, 2.05) is 11.8 Å². The number of hydrogen-bond donors (Lipinski definition) is 2. The molecule has 0 spiro atoms. The number of aliphatic hydroxyl groups excluding tert-OH is 1. The van der Waals surface area contributed by atoms with Gasteiger partial charge in [-0.3, -0.25) is 0 Å². The van der Waals surface area contributed by atoms with Gasteiger partial charge in [-0.15, -0.1) is 11.8 Å². The standard InChI is InChI=1S/C15H23NOS/c17-10-6-2-1-5-9-16-12-14-11-13-7-3-4-8-15(13)18-14/h3-4,7-8,14,16-17H,1-2,5-6,9-12H2. The summed E-state index contributed by atoms with van der Waals surface area (Å²) >= 11 is 2.01. The van der Waals surface area contributed by atoms with Crippen LogP contribution in [-0.4, -0.2) is 30.1 Å². The fourth-order valence-corrected chi connectivity index (χ4v) is 3.63. The molecule has 2 nitrogen and oxygen atoms in total. The van der Waals surface area contributed by atoms with Crippen LogP contribution in [0.2, 0.25) is 0 Å². The SMILES string of the molecule is OCCCCCCNCC1Cc2ccccc2S1. The first-order valence-electron chi connectivity index (χ1n) is 6.96. The van der Waals surface area contributed by atoms with Gasteiger partial charge in [-0.1, -0.05) is 31.0 Å². The molecule has 1 aliphatic rings. The summed E-state index contributed by atoms with van der Waals surface area (Å²) in [5.41, 5.74) is 1.51. The Morgan fingerprint density at radius 2 is 2.00 bits per heavy atom. The Balaban J connectivity index is 1.54. The molecule has 2 rings (SSSR count). The molecule has 0 aromatic heterocycles. The minimum absolute atomic E-state index is 0.338. The molecule has 3 heteroatoms. The van der Waals surface area contributed by atoms with Gasteiger partial charge in [0.05, 0.1) is 0 Å². The van der Waals surface area contributed by atoms with Crippen molar-refractivity contribution in [1.82, 2.24) is 5.32 Å². The predicted octanol–water partition coefficient (Wildman–Crippen LogP) is 2.85. The monoisotopic (exact) mass is 265 g/mol. The molecule has 18 heavy (non-hydrogen) atoms. The largest absolute Gasteiger partial charge is 0.396 e.